The molecule has 0 atom stereocenters. The van der Waals surface area contributed by atoms with E-state index in [1.54, 1.807) is 0 Å². The van der Waals surface area contributed by atoms with Crippen LogP contribution in [0, 0.1) is 0 Å². The molecule has 264 valence electrons. The molecule has 5 heteroatoms. The van der Waals surface area contributed by atoms with Crippen LogP contribution in [0.1, 0.15) is 0 Å². The van der Waals surface area contributed by atoms with Crippen molar-refractivity contribution in [1.29, 1.82) is 0 Å². The van der Waals surface area contributed by atoms with Gasteiger partial charge in [-0.2, -0.15) is 0 Å². The van der Waals surface area contributed by atoms with E-state index in [0.29, 0.717) is 0 Å². The van der Waals surface area contributed by atoms with Crippen molar-refractivity contribution >= 4 is 60.9 Å². The molecule has 56 heavy (non-hydrogen) atoms. The number of imidazole rings is 1. The van der Waals surface area contributed by atoms with Gasteiger partial charge in [0.25, 0.3) is 0 Å². The molecule has 0 saturated heterocycles. The Morgan fingerprint density at radius 1 is 0.339 bits per heavy atom. The number of rotatable bonds is 7. The molecule has 0 saturated carbocycles. The molecule has 0 aliphatic rings. The predicted molar refractivity (Wildman–Crippen MR) is 232 cm³/mol. The van der Waals surface area contributed by atoms with Gasteiger partial charge in [-0.15, -0.1) is 0 Å². The molecule has 5 nitrogen and oxygen atoms in total. The third kappa shape index (κ3) is 4.99. The Morgan fingerprint density at radius 3 is 1.38 bits per heavy atom. The molecule has 0 aliphatic heterocycles. The molecule has 8 aromatic carbocycles. The van der Waals surface area contributed by atoms with Crippen molar-refractivity contribution in [3.8, 4) is 28.5 Å². The summed E-state index contributed by atoms with van der Waals surface area (Å²) in [6.45, 7) is 0. The largest absolute Gasteiger partial charge is 0.310 e. The van der Waals surface area contributed by atoms with E-state index in [1.165, 1.54) is 10.8 Å². The summed E-state index contributed by atoms with van der Waals surface area (Å²) in [6, 6.07) is 75.3. The van der Waals surface area contributed by atoms with E-state index in [0.717, 1.165) is 78.6 Å². The summed E-state index contributed by atoms with van der Waals surface area (Å²) in [6.07, 6.45) is 0. The van der Waals surface area contributed by atoms with Gasteiger partial charge >= 0.3 is 0 Å². The van der Waals surface area contributed by atoms with Gasteiger partial charge in [0.15, 0.2) is 5.65 Å². The molecule has 0 amide bonds. The number of nitrogens with zero attached hydrogens (tertiary/aromatic N) is 5. The summed E-state index contributed by atoms with van der Waals surface area (Å²) in [5.74, 6) is 0.906. The van der Waals surface area contributed by atoms with Gasteiger partial charge in [0.05, 0.1) is 16.6 Å². The van der Waals surface area contributed by atoms with E-state index in [-0.39, 0.29) is 0 Å². The maximum absolute atomic E-state index is 5.55. The number of fused-ring (bicyclic) bond motifs is 7. The van der Waals surface area contributed by atoms with Crippen LogP contribution in [0.5, 0.6) is 0 Å². The predicted octanol–water partition coefficient (Wildman–Crippen LogP) is 13.2. The van der Waals surface area contributed by atoms with Crippen LogP contribution in [-0.4, -0.2) is 18.7 Å². The van der Waals surface area contributed by atoms with Crippen LogP contribution in [0.2, 0.25) is 0 Å². The normalized spacial score (nSPS) is 11.6. The molecule has 0 spiro atoms. The molecule has 11 aromatic rings. The Bertz CT molecular complexity index is 3110. The molecule has 0 bridgehead atoms. The third-order valence-electron chi connectivity index (χ3n) is 10.8. The molecular weight excluding hydrogens is 683 g/mol. The first-order chi connectivity index (χ1) is 27.8. The van der Waals surface area contributed by atoms with Gasteiger partial charge in [-0.25, -0.2) is 4.98 Å². The summed E-state index contributed by atoms with van der Waals surface area (Å²) in [4.78, 5) is 7.89. The van der Waals surface area contributed by atoms with Crippen molar-refractivity contribution in [2.24, 2.45) is 0 Å². The van der Waals surface area contributed by atoms with E-state index in [4.69, 9.17) is 4.98 Å². The van der Waals surface area contributed by atoms with Gasteiger partial charge in [0.2, 0.25) is 0 Å². The summed E-state index contributed by atoms with van der Waals surface area (Å²) in [5.41, 5.74) is 13.0. The molecule has 0 aliphatic carbocycles. The first-order valence-electron chi connectivity index (χ1n) is 19.0. The van der Waals surface area contributed by atoms with Crippen molar-refractivity contribution in [2.75, 3.05) is 4.90 Å². The van der Waals surface area contributed by atoms with Crippen LogP contribution in [0.15, 0.2) is 212 Å². The van der Waals surface area contributed by atoms with Gasteiger partial charge in [-0.1, -0.05) is 127 Å². The first-order valence-corrected chi connectivity index (χ1v) is 19.0. The summed E-state index contributed by atoms with van der Waals surface area (Å²) in [7, 11) is 0. The van der Waals surface area contributed by atoms with Crippen LogP contribution in [0.4, 0.5) is 17.1 Å². The molecule has 0 radical (unpaired) electrons. The average Bonchev–Trinajstić information content (AvgIpc) is 3.93. The van der Waals surface area contributed by atoms with Crippen molar-refractivity contribution in [2.45, 2.75) is 0 Å². The second-order valence-corrected chi connectivity index (χ2v) is 14.1. The molecule has 3 aromatic heterocycles. The lowest BCUT2D eigenvalue weighted by atomic mass is 10.1. The molecule has 0 unspecified atom stereocenters. The molecule has 0 N–H and O–H groups in total. The zero-order valence-electron chi connectivity index (χ0n) is 30.4. The molecule has 0 fully saturated rings. The molecule has 11 rings (SSSR count). The van der Waals surface area contributed by atoms with Gasteiger partial charge in [0, 0.05) is 55.8 Å². The van der Waals surface area contributed by atoms with Crippen molar-refractivity contribution in [3.63, 3.8) is 0 Å². The Hall–Kier alpha value is -7.63. The van der Waals surface area contributed by atoms with Gasteiger partial charge in [-0.3, -0.25) is 9.13 Å². The minimum Gasteiger partial charge on any atom is -0.310 e. The number of aromatic nitrogens is 4. The van der Waals surface area contributed by atoms with E-state index in [2.05, 4.69) is 231 Å². The number of anilines is 3. The highest BCUT2D eigenvalue weighted by Gasteiger charge is 2.27. The highest BCUT2D eigenvalue weighted by atomic mass is 15.2. The first kappa shape index (κ1) is 31.9. The topological polar surface area (TPSA) is 30.9 Å². The molecule has 3 heterocycles. The van der Waals surface area contributed by atoms with Crippen LogP contribution < -0.4 is 4.90 Å². The summed E-state index contributed by atoms with van der Waals surface area (Å²) < 4.78 is 7.15. The zero-order chi connectivity index (χ0) is 37.0. The highest BCUT2D eigenvalue weighted by Crippen LogP contribution is 2.45. The van der Waals surface area contributed by atoms with Gasteiger partial charge in [0.1, 0.15) is 11.3 Å². The lowest BCUT2D eigenvalue weighted by Crippen LogP contribution is -2.09. The number of benzene rings is 8. The van der Waals surface area contributed by atoms with E-state index in [9.17, 15) is 0 Å². The minimum absolute atomic E-state index is 0.906. The summed E-state index contributed by atoms with van der Waals surface area (Å²) >= 11 is 0. The fraction of sp³-hybridized carbons (Fsp3) is 0. The number of para-hydroxylation sites is 5. The van der Waals surface area contributed by atoms with Gasteiger partial charge < -0.3 is 9.47 Å². The maximum atomic E-state index is 5.55. The van der Waals surface area contributed by atoms with Crippen LogP contribution in [-0.2, 0) is 0 Å². The van der Waals surface area contributed by atoms with E-state index >= 15 is 0 Å². The SMILES string of the molecule is c1ccc(-c2nc3c(c4ccc5c6cc(N(c7ccccc7)c7ccccc7)ccc6n(-c6ccccc6)c5c4n3-c3ccccc3)n2-c2ccccc2)cc1. The third-order valence-corrected chi connectivity index (χ3v) is 10.8. The Kier molecular flexibility index (Phi) is 7.42. The Labute approximate surface area is 324 Å². The average molecular weight is 718 g/mol. The zero-order valence-corrected chi connectivity index (χ0v) is 30.4. The smallest absolute Gasteiger partial charge is 0.165 e. The highest BCUT2D eigenvalue weighted by molar-refractivity contribution is 6.23. The lowest BCUT2D eigenvalue weighted by molar-refractivity contribution is 1.09. The minimum atomic E-state index is 0.906. The van der Waals surface area contributed by atoms with Crippen LogP contribution >= 0.6 is 0 Å². The monoisotopic (exact) mass is 717 g/mol. The van der Waals surface area contributed by atoms with Gasteiger partial charge in [-0.05, 0) is 84.9 Å². The van der Waals surface area contributed by atoms with Crippen molar-refractivity contribution < 1.29 is 0 Å². The fourth-order valence-electron chi connectivity index (χ4n) is 8.43. The maximum Gasteiger partial charge on any atom is 0.165 e. The van der Waals surface area contributed by atoms with E-state index in [1.807, 2.05) is 0 Å². The second kappa shape index (κ2) is 13.0. The lowest BCUT2D eigenvalue weighted by Gasteiger charge is -2.25. The fourth-order valence-corrected chi connectivity index (χ4v) is 8.43. The number of hydrogen-bond donors (Lipinski definition) is 0. The number of hydrogen-bond acceptors (Lipinski definition) is 2. The van der Waals surface area contributed by atoms with Crippen molar-refractivity contribution in [1.82, 2.24) is 18.7 Å². The quantitative estimate of drug-likeness (QED) is 0.164. The van der Waals surface area contributed by atoms with Crippen molar-refractivity contribution in [3.05, 3.63) is 212 Å². The summed E-state index contributed by atoms with van der Waals surface area (Å²) in [5, 5.41) is 3.48. The Balaban J connectivity index is 1.30. The Morgan fingerprint density at radius 2 is 0.804 bits per heavy atom. The van der Waals surface area contributed by atoms with Crippen LogP contribution in [0.3, 0.4) is 0 Å². The standard InChI is InChI=1S/C51H35N5/c1-7-19-36(20-8-1)50-52-51-49(56(50)41-29-17-6-18-30-41)44-33-32-43-45-35-42(53(37-21-9-2-10-22-37)38-23-11-3-12-24-38)31-34-46(45)54(39-25-13-4-14-26-39)47(43)48(44)55(51)40-27-15-5-16-28-40/h1-35H. The van der Waals surface area contributed by atoms with Crippen LogP contribution in [0.25, 0.3) is 72.3 Å². The molecular formula is C51H35N5. The second-order valence-electron chi connectivity index (χ2n) is 14.1. The van der Waals surface area contributed by atoms with E-state index < -0.39 is 0 Å².